The first-order chi connectivity index (χ1) is 9.17. The van der Waals surface area contributed by atoms with Crippen LogP contribution in [0.5, 0.6) is 5.75 Å². The minimum atomic E-state index is 0.193. The first-order valence-corrected chi connectivity index (χ1v) is 8.61. The monoisotopic (exact) mass is 298 g/mol. The van der Waals surface area contributed by atoms with E-state index in [1.54, 1.807) is 7.11 Å². The van der Waals surface area contributed by atoms with Crippen LogP contribution in [0.1, 0.15) is 24.1 Å². The Kier molecular flexibility index (Phi) is 5.45. The molecule has 0 aromatic heterocycles. The van der Waals surface area contributed by atoms with E-state index in [9.17, 15) is 0 Å². The van der Waals surface area contributed by atoms with Crippen LogP contribution in [-0.4, -0.2) is 29.1 Å². The van der Waals surface area contributed by atoms with Crippen LogP contribution in [-0.2, 0) is 0 Å². The Hall–Kier alpha value is -0.360. The third kappa shape index (κ3) is 3.40. The van der Waals surface area contributed by atoms with E-state index >= 15 is 0 Å². The maximum absolute atomic E-state index is 5.83. The highest BCUT2D eigenvalue weighted by Gasteiger charge is 2.31. The van der Waals surface area contributed by atoms with Gasteiger partial charge in [0.1, 0.15) is 5.75 Å². The van der Waals surface area contributed by atoms with E-state index in [2.05, 4.69) is 31.4 Å². The number of methoxy groups -OCH3 is 1. The van der Waals surface area contributed by atoms with E-state index < -0.39 is 0 Å². The Morgan fingerprint density at radius 2 is 2.11 bits per heavy atom. The molecule has 0 radical (unpaired) electrons. The molecule has 3 unspecified atom stereocenters. The molecule has 0 spiro atoms. The quantitative estimate of drug-likeness (QED) is 0.661. The SMILES string of the molecule is COc1ccc(C(NN)C2SCCSC2C)c(C)c1. The molecule has 3 atom stereocenters. The van der Waals surface area contributed by atoms with E-state index in [0.29, 0.717) is 10.5 Å². The normalized spacial score (nSPS) is 25.1. The highest BCUT2D eigenvalue weighted by Crippen LogP contribution is 2.39. The molecule has 1 aromatic rings. The number of hydrazine groups is 1. The third-order valence-electron chi connectivity index (χ3n) is 3.56. The lowest BCUT2D eigenvalue weighted by Gasteiger charge is -2.35. The summed E-state index contributed by atoms with van der Waals surface area (Å²) in [4.78, 5) is 0. The first kappa shape index (κ1) is 15.0. The molecule has 0 bridgehead atoms. The Morgan fingerprint density at radius 1 is 1.37 bits per heavy atom. The molecule has 3 N–H and O–H groups in total. The fraction of sp³-hybridized carbons (Fsp3) is 0.571. The number of aryl methyl sites for hydroxylation is 1. The largest absolute Gasteiger partial charge is 0.497 e. The summed E-state index contributed by atoms with van der Waals surface area (Å²) in [5, 5.41) is 1.12. The average Bonchev–Trinajstić information content (AvgIpc) is 2.43. The number of rotatable bonds is 4. The van der Waals surface area contributed by atoms with Gasteiger partial charge in [-0.15, -0.1) is 0 Å². The van der Waals surface area contributed by atoms with Crippen molar-refractivity contribution in [3.8, 4) is 5.75 Å². The van der Waals surface area contributed by atoms with Gasteiger partial charge in [0.25, 0.3) is 0 Å². The van der Waals surface area contributed by atoms with Crippen LogP contribution in [0.2, 0.25) is 0 Å². The Morgan fingerprint density at radius 3 is 2.68 bits per heavy atom. The van der Waals surface area contributed by atoms with Crippen LogP contribution in [0.25, 0.3) is 0 Å². The molecule has 0 saturated carbocycles. The van der Waals surface area contributed by atoms with Gasteiger partial charge in [0.15, 0.2) is 0 Å². The molecule has 0 aliphatic carbocycles. The maximum Gasteiger partial charge on any atom is 0.119 e. The predicted octanol–water partition coefficient (Wildman–Crippen LogP) is 2.75. The lowest BCUT2D eigenvalue weighted by molar-refractivity contribution is 0.413. The van der Waals surface area contributed by atoms with E-state index in [-0.39, 0.29) is 6.04 Å². The van der Waals surface area contributed by atoms with Gasteiger partial charge in [-0.3, -0.25) is 11.3 Å². The van der Waals surface area contributed by atoms with E-state index in [1.165, 1.54) is 22.6 Å². The summed E-state index contributed by atoms with van der Waals surface area (Å²) in [6.07, 6.45) is 0. The molecule has 19 heavy (non-hydrogen) atoms. The lowest BCUT2D eigenvalue weighted by Crippen LogP contribution is -2.41. The molecule has 2 rings (SSSR count). The Bertz CT molecular complexity index is 428. The molecule has 5 heteroatoms. The summed E-state index contributed by atoms with van der Waals surface area (Å²) < 4.78 is 5.27. The molecular weight excluding hydrogens is 276 g/mol. The van der Waals surface area contributed by atoms with Gasteiger partial charge < -0.3 is 4.74 Å². The molecule has 1 aliphatic rings. The van der Waals surface area contributed by atoms with Gasteiger partial charge in [-0.1, -0.05) is 13.0 Å². The molecule has 3 nitrogen and oxygen atoms in total. The summed E-state index contributed by atoms with van der Waals surface area (Å²) in [5.41, 5.74) is 5.52. The topological polar surface area (TPSA) is 47.3 Å². The van der Waals surface area contributed by atoms with Crippen molar-refractivity contribution in [1.29, 1.82) is 0 Å². The Labute approximate surface area is 124 Å². The van der Waals surface area contributed by atoms with E-state index in [4.69, 9.17) is 10.6 Å². The summed E-state index contributed by atoms with van der Waals surface area (Å²) in [7, 11) is 1.70. The molecular formula is C14H22N2OS2. The van der Waals surface area contributed by atoms with Crippen LogP contribution in [0.4, 0.5) is 0 Å². The number of thioether (sulfide) groups is 2. The standard InChI is InChI=1S/C14H22N2OS2/c1-9-8-11(17-3)4-5-12(9)13(16-15)14-10(2)18-6-7-19-14/h4-5,8,10,13-14,16H,6-7,15H2,1-3H3. The fourth-order valence-corrected chi connectivity index (χ4v) is 5.42. The van der Waals surface area contributed by atoms with Gasteiger partial charge in [0.2, 0.25) is 0 Å². The second kappa shape index (κ2) is 6.88. The Balaban J connectivity index is 2.25. The van der Waals surface area contributed by atoms with Crippen molar-refractivity contribution < 1.29 is 4.74 Å². The number of nitrogens with two attached hydrogens (primary N) is 1. The zero-order chi connectivity index (χ0) is 13.8. The lowest BCUT2D eigenvalue weighted by atomic mass is 9.97. The zero-order valence-corrected chi connectivity index (χ0v) is 13.3. The molecule has 1 aromatic carbocycles. The molecule has 1 fully saturated rings. The first-order valence-electron chi connectivity index (χ1n) is 6.51. The van der Waals surface area contributed by atoms with Crippen molar-refractivity contribution in [1.82, 2.24) is 5.43 Å². The highest BCUT2D eigenvalue weighted by atomic mass is 32.2. The molecule has 1 heterocycles. The number of hydrogen-bond donors (Lipinski definition) is 2. The molecule has 106 valence electrons. The smallest absolute Gasteiger partial charge is 0.119 e. The van der Waals surface area contributed by atoms with Gasteiger partial charge in [0.05, 0.1) is 13.2 Å². The van der Waals surface area contributed by atoms with Crippen LogP contribution >= 0.6 is 23.5 Å². The summed E-state index contributed by atoms with van der Waals surface area (Å²) in [6, 6.07) is 6.41. The number of nitrogens with one attached hydrogen (secondary N) is 1. The summed E-state index contributed by atoms with van der Waals surface area (Å²) in [5.74, 6) is 9.17. The third-order valence-corrected chi connectivity index (χ3v) is 6.75. The van der Waals surface area contributed by atoms with Crippen molar-refractivity contribution in [2.24, 2.45) is 5.84 Å². The predicted molar refractivity (Wildman–Crippen MR) is 86.0 cm³/mol. The molecule has 0 amide bonds. The maximum atomic E-state index is 5.83. The molecule has 1 saturated heterocycles. The van der Waals surface area contributed by atoms with Crippen molar-refractivity contribution in [3.63, 3.8) is 0 Å². The second-order valence-corrected chi connectivity index (χ2v) is 7.55. The van der Waals surface area contributed by atoms with Gasteiger partial charge in [-0.25, -0.2) is 0 Å². The second-order valence-electron chi connectivity index (χ2n) is 4.78. The van der Waals surface area contributed by atoms with Crippen LogP contribution in [0.3, 0.4) is 0 Å². The van der Waals surface area contributed by atoms with Gasteiger partial charge in [-0.2, -0.15) is 23.5 Å². The molecule has 1 aliphatic heterocycles. The summed E-state index contributed by atoms with van der Waals surface area (Å²) >= 11 is 4.06. The van der Waals surface area contributed by atoms with Crippen LogP contribution in [0.15, 0.2) is 18.2 Å². The minimum absolute atomic E-state index is 0.193. The van der Waals surface area contributed by atoms with Gasteiger partial charge >= 0.3 is 0 Å². The average molecular weight is 298 g/mol. The van der Waals surface area contributed by atoms with Crippen molar-refractivity contribution >= 4 is 23.5 Å². The van der Waals surface area contributed by atoms with Crippen LogP contribution in [0, 0.1) is 6.92 Å². The van der Waals surface area contributed by atoms with E-state index in [0.717, 1.165) is 5.75 Å². The summed E-state index contributed by atoms with van der Waals surface area (Å²) in [6.45, 7) is 4.41. The highest BCUT2D eigenvalue weighted by molar-refractivity contribution is 8.07. The van der Waals surface area contributed by atoms with Gasteiger partial charge in [-0.05, 0) is 30.2 Å². The zero-order valence-electron chi connectivity index (χ0n) is 11.7. The number of ether oxygens (including phenoxy) is 1. The van der Waals surface area contributed by atoms with E-state index in [1.807, 2.05) is 29.6 Å². The minimum Gasteiger partial charge on any atom is -0.497 e. The van der Waals surface area contributed by atoms with Crippen molar-refractivity contribution in [3.05, 3.63) is 29.3 Å². The fourth-order valence-electron chi connectivity index (χ4n) is 2.50. The van der Waals surface area contributed by atoms with Gasteiger partial charge in [0, 0.05) is 22.0 Å². The van der Waals surface area contributed by atoms with Crippen LogP contribution < -0.4 is 16.0 Å². The number of benzene rings is 1. The number of hydrogen-bond acceptors (Lipinski definition) is 5. The van der Waals surface area contributed by atoms with Crippen molar-refractivity contribution in [2.75, 3.05) is 18.6 Å². The van der Waals surface area contributed by atoms with Crippen molar-refractivity contribution in [2.45, 2.75) is 30.4 Å².